The molecule has 1 heterocycles. The minimum absolute atomic E-state index is 0.174. The fourth-order valence-electron chi connectivity index (χ4n) is 1.74. The first-order valence-electron chi connectivity index (χ1n) is 6.28. The summed E-state index contributed by atoms with van der Waals surface area (Å²) in [6.45, 7) is 5.82. The molecular formula is C13H20BrN3O3. The molecule has 1 aromatic rings. The molecule has 20 heavy (non-hydrogen) atoms. The van der Waals surface area contributed by atoms with Crippen LogP contribution in [0.15, 0.2) is 21.5 Å². The van der Waals surface area contributed by atoms with Crippen LogP contribution in [0.2, 0.25) is 0 Å². The summed E-state index contributed by atoms with van der Waals surface area (Å²) in [5.41, 5.74) is -0.623. The Morgan fingerprint density at radius 2 is 2.15 bits per heavy atom. The van der Waals surface area contributed by atoms with Crippen LogP contribution in [0.25, 0.3) is 0 Å². The van der Waals surface area contributed by atoms with E-state index in [9.17, 15) is 14.7 Å². The van der Waals surface area contributed by atoms with Gasteiger partial charge in [-0.05, 0) is 42.8 Å². The Hall–Kier alpha value is -1.34. The lowest BCUT2D eigenvalue weighted by atomic mass is 10.1. The largest absolute Gasteiger partial charge is 0.389 e. The number of amides is 2. The van der Waals surface area contributed by atoms with Crippen molar-refractivity contribution in [3.8, 4) is 0 Å². The van der Waals surface area contributed by atoms with Crippen LogP contribution in [0.5, 0.6) is 0 Å². The zero-order chi connectivity index (χ0) is 15.5. The lowest BCUT2D eigenvalue weighted by Gasteiger charge is -2.28. The van der Waals surface area contributed by atoms with Crippen molar-refractivity contribution >= 4 is 27.6 Å². The second-order valence-electron chi connectivity index (χ2n) is 5.25. The molecule has 112 valence electrons. The van der Waals surface area contributed by atoms with Crippen molar-refractivity contribution in [3.05, 3.63) is 27.1 Å². The molecular weight excluding hydrogens is 326 g/mol. The number of aliphatic hydroxyl groups is 1. The molecule has 0 radical (unpaired) electrons. The molecule has 0 saturated heterocycles. The highest BCUT2D eigenvalue weighted by molar-refractivity contribution is 9.10. The van der Waals surface area contributed by atoms with Gasteiger partial charge < -0.3 is 19.9 Å². The second kappa shape index (κ2) is 6.41. The number of halogens is 1. The number of carbonyl (C=O) groups is 1. The number of nitrogens with zero attached hydrogens (tertiary/aromatic N) is 2. The molecule has 0 atom stereocenters. The molecule has 1 aromatic heterocycles. The third-order valence-electron chi connectivity index (χ3n) is 2.64. The van der Waals surface area contributed by atoms with Gasteiger partial charge in [-0.2, -0.15) is 0 Å². The van der Waals surface area contributed by atoms with Gasteiger partial charge in [0.05, 0.1) is 22.3 Å². The third-order valence-corrected chi connectivity index (χ3v) is 3.21. The molecule has 0 aliphatic rings. The summed E-state index contributed by atoms with van der Waals surface area (Å²) in [5, 5.41) is 12.5. The van der Waals surface area contributed by atoms with Crippen molar-refractivity contribution in [1.82, 2.24) is 9.47 Å². The molecule has 0 unspecified atom stereocenters. The molecule has 2 N–H and O–H groups in total. The van der Waals surface area contributed by atoms with Gasteiger partial charge in [-0.1, -0.05) is 0 Å². The zero-order valence-electron chi connectivity index (χ0n) is 12.1. The number of hydrogen-bond donors (Lipinski definition) is 2. The number of aryl methyl sites for hydroxylation is 1. The fraction of sp³-hybridized carbons (Fsp3) is 0.538. The van der Waals surface area contributed by atoms with E-state index in [0.29, 0.717) is 16.7 Å². The van der Waals surface area contributed by atoms with Gasteiger partial charge in [0, 0.05) is 19.8 Å². The van der Waals surface area contributed by atoms with Crippen molar-refractivity contribution < 1.29 is 9.90 Å². The maximum absolute atomic E-state index is 12.1. The summed E-state index contributed by atoms with van der Waals surface area (Å²) in [6.07, 6.45) is 1.54. The molecule has 0 fully saturated rings. The predicted octanol–water partition coefficient (Wildman–Crippen LogP) is 1.77. The minimum Gasteiger partial charge on any atom is -0.389 e. The smallest absolute Gasteiger partial charge is 0.321 e. The average molecular weight is 346 g/mol. The number of rotatable bonds is 4. The van der Waals surface area contributed by atoms with Gasteiger partial charge in [-0.25, -0.2) is 4.79 Å². The maximum atomic E-state index is 12.1. The lowest BCUT2D eigenvalue weighted by molar-refractivity contribution is 0.0501. The van der Waals surface area contributed by atoms with Crippen LogP contribution in [-0.2, 0) is 7.05 Å². The molecule has 0 spiro atoms. The highest BCUT2D eigenvalue weighted by Gasteiger charge is 2.21. The monoisotopic (exact) mass is 345 g/mol. The molecule has 0 bridgehead atoms. The number of aromatic nitrogens is 1. The second-order valence-corrected chi connectivity index (χ2v) is 6.10. The summed E-state index contributed by atoms with van der Waals surface area (Å²) in [5.74, 6) is 0. The summed E-state index contributed by atoms with van der Waals surface area (Å²) in [7, 11) is 1.61. The van der Waals surface area contributed by atoms with Gasteiger partial charge in [0.2, 0.25) is 0 Å². The number of likely N-dealkylation sites (N-methyl/N-ethyl adjacent to an activating group) is 1. The molecule has 1 rings (SSSR count). The standard InChI is InChI=1S/C13H20BrN3O3/c1-5-17(8-13(2,3)20)12(19)15-9-6-10(14)11(18)16(4)7-9/h6-7,20H,5,8H2,1-4H3,(H,15,19). The van der Waals surface area contributed by atoms with Crippen LogP contribution >= 0.6 is 15.9 Å². The van der Waals surface area contributed by atoms with Crippen LogP contribution in [0.4, 0.5) is 10.5 Å². The third kappa shape index (κ3) is 4.64. The Bertz CT molecular complexity index is 523. The number of anilines is 1. The Labute approximate surface area is 126 Å². The Morgan fingerprint density at radius 3 is 2.60 bits per heavy atom. The van der Waals surface area contributed by atoms with E-state index in [1.165, 1.54) is 9.47 Å². The van der Waals surface area contributed by atoms with Gasteiger partial charge >= 0.3 is 6.03 Å². The summed E-state index contributed by atoms with van der Waals surface area (Å²) in [4.78, 5) is 25.2. The van der Waals surface area contributed by atoms with E-state index in [2.05, 4.69) is 21.2 Å². The van der Waals surface area contributed by atoms with Crippen LogP contribution in [0, 0.1) is 0 Å². The van der Waals surface area contributed by atoms with Gasteiger partial charge in [0.15, 0.2) is 0 Å². The van der Waals surface area contributed by atoms with Crippen molar-refractivity contribution in [3.63, 3.8) is 0 Å². The van der Waals surface area contributed by atoms with E-state index < -0.39 is 5.60 Å². The highest BCUT2D eigenvalue weighted by Crippen LogP contribution is 2.13. The average Bonchev–Trinajstić information content (AvgIpc) is 2.31. The lowest BCUT2D eigenvalue weighted by Crippen LogP contribution is -2.44. The maximum Gasteiger partial charge on any atom is 0.321 e. The van der Waals surface area contributed by atoms with E-state index in [1.54, 1.807) is 33.2 Å². The molecule has 2 amide bonds. The summed E-state index contributed by atoms with van der Waals surface area (Å²) < 4.78 is 1.76. The number of urea groups is 1. The number of nitrogens with one attached hydrogen (secondary N) is 1. The van der Waals surface area contributed by atoms with Gasteiger partial charge in [0.1, 0.15) is 0 Å². The zero-order valence-corrected chi connectivity index (χ0v) is 13.7. The Morgan fingerprint density at radius 1 is 1.55 bits per heavy atom. The molecule has 7 heteroatoms. The van der Waals surface area contributed by atoms with E-state index in [1.807, 2.05) is 6.92 Å². The molecule has 0 aliphatic heterocycles. The summed E-state index contributed by atoms with van der Waals surface area (Å²) in [6, 6.07) is 1.23. The van der Waals surface area contributed by atoms with Crippen molar-refractivity contribution in [1.29, 1.82) is 0 Å². The van der Waals surface area contributed by atoms with E-state index >= 15 is 0 Å². The van der Waals surface area contributed by atoms with Crippen LogP contribution < -0.4 is 10.9 Å². The van der Waals surface area contributed by atoms with Crippen LogP contribution in [0.1, 0.15) is 20.8 Å². The number of hydrogen-bond acceptors (Lipinski definition) is 3. The van der Waals surface area contributed by atoms with Crippen LogP contribution in [-0.4, -0.2) is 39.3 Å². The quantitative estimate of drug-likeness (QED) is 0.873. The molecule has 0 aromatic carbocycles. The Kier molecular flexibility index (Phi) is 5.35. The first-order chi connectivity index (χ1) is 9.14. The minimum atomic E-state index is -0.961. The van der Waals surface area contributed by atoms with Gasteiger partial charge in [0.25, 0.3) is 5.56 Å². The van der Waals surface area contributed by atoms with Crippen molar-refractivity contribution in [2.45, 2.75) is 26.4 Å². The first kappa shape index (κ1) is 16.7. The van der Waals surface area contributed by atoms with Crippen molar-refractivity contribution in [2.75, 3.05) is 18.4 Å². The summed E-state index contributed by atoms with van der Waals surface area (Å²) >= 11 is 3.15. The normalized spacial score (nSPS) is 11.3. The SMILES string of the molecule is CCN(CC(C)(C)O)C(=O)Nc1cc(Br)c(=O)n(C)c1. The van der Waals surface area contributed by atoms with Crippen LogP contribution in [0.3, 0.4) is 0 Å². The number of pyridine rings is 1. The molecule has 0 saturated carbocycles. The molecule has 0 aliphatic carbocycles. The predicted molar refractivity (Wildman–Crippen MR) is 81.9 cm³/mol. The highest BCUT2D eigenvalue weighted by atomic mass is 79.9. The van der Waals surface area contributed by atoms with E-state index in [-0.39, 0.29) is 18.1 Å². The van der Waals surface area contributed by atoms with Gasteiger partial charge in [-0.3, -0.25) is 4.79 Å². The topological polar surface area (TPSA) is 74.6 Å². The first-order valence-corrected chi connectivity index (χ1v) is 7.08. The molecule has 6 nitrogen and oxygen atoms in total. The van der Waals surface area contributed by atoms with E-state index in [0.717, 1.165) is 0 Å². The Balaban J connectivity index is 2.87. The van der Waals surface area contributed by atoms with Crippen molar-refractivity contribution in [2.24, 2.45) is 7.05 Å². The fourth-order valence-corrected chi connectivity index (χ4v) is 2.26. The number of carbonyl (C=O) groups excluding carboxylic acids is 1. The van der Waals surface area contributed by atoms with Gasteiger partial charge in [-0.15, -0.1) is 0 Å². The van der Waals surface area contributed by atoms with E-state index in [4.69, 9.17) is 0 Å².